The number of aliphatic imine (C=N–C) groups is 1. The van der Waals surface area contributed by atoms with Crippen molar-refractivity contribution in [2.24, 2.45) is 10.9 Å². The quantitative estimate of drug-likeness (QED) is 0.358. The van der Waals surface area contributed by atoms with Gasteiger partial charge in [-0.1, -0.05) is 13.0 Å². The molecule has 7 heteroatoms. The molecule has 0 fully saturated rings. The molecule has 0 aromatic carbocycles. The normalized spacial score (nSPS) is 12.5. The van der Waals surface area contributed by atoms with Gasteiger partial charge in [-0.3, -0.25) is 14.8 Å². The minimum Gasteiger partial charge on any atom is -0.357 e. The molecule has 140 valence electrons. The van der Waals surface area contributed by atoms with Gasteiger partial charge >= 0.3 is 0 Å². The van der Waals surface area contributed by atoms with Crippen molar-refractivity contribution in [3.63, 3.8) is 0 Å². The van der Waals surface area contributed by atoms with Crippen molar-refractivity contribution >= 4 is 23.2 Å². The zero-order chi connectivity index (χ0) is 18.6. The van der Waals surface area contributed by atoms with E-state index in [1.54, 1.807) is 35.9 Å². The average Bonchev–Trinajstić information content (AvgIpc) is 3.16. The Kier molecular flexibility index (Phi) is 8.62. The Labute approximate surface area is 159 Å². The molecule has 26 heavy (non-hydrogen) atoms. The van der Waals surface area contributed by atoms with Crippen LogP contribution >= 0.6 is 11.3 Å². The highest BCUT2D eigenvalue weighted by Gasteiger charge is 2.06. The largest absolute Gasteiger partial charge is 0.357 e. The topological polar surface area (TPSA) is 78.4 Å². The first-order valence-electron chi connectivity index (χ1n) is 8.91. The molecule has 1 unspecified atom stereocenters. The first-order valence-corrected chi connectivity index (χ1v) is 9.79. The van der Waals surface area contributed by atoms with Crippen LogP contribution in [0.4, 0.5) is 0 Å². The van der Waals surface area contributed by atoms with Gasteiger partial charge in [0.2, 0.25) is 0 Å². The maximum absolute atomic E-state index is 12.0. The lowest BCUT2D eigenvalue weighted by Crippen LogP contribution is -2.41. The molecule has 6 nitrogen and oxygen atoms in total. The zero-order valence-electron chi connectivity index (χ0n) is 15.4. The van der Waals surface area contributed by atoms with Crippen molar-refractivity contribution < 1.29 is 4.79 Å². The van der Waals surface area contributed by atoms with Crippen LogP contribution in [0.2, 0.25) is 0 Å². The maximum Gasteiger partial charge on any atom is 0.252 e. The van der Waals surface area contributed by atoms with Crippen LogP contribution in [0.1, 0.15) is 29.1 Å². The van der Waals surface area contributed by atoms with E-state index >= 15 is 0 Å². The smallest absolute Gasteiger partial charge is 0.252 e. The highest BCUT2D eigenvalue weighted by molar-refractivity contribution is 7.09. The summed E-state index contributed by atoms with van der Waals surface area (Å²) in [5, 5.41) is 11.5. The Morgan fingerprint density at radius 3 is 2.77 bits per heavy atom. The van der Waals surface area contributed by atoms with Crippen molar-refractivity contribution in [1.29, 1.82) is 0 Å². The minimum absolute atomic E-state index is 0.119. The first-order chi connectivity index (χ1) is 12.7. The Morgan fingerprint density at radius 1 is 1.23 bits per heavy atom. The molecule has 0 spiro atoms. The van der Waals surface area contributed by atoms with E-state index in [0.717, 1.165) is 25.5 Å². The van der Waals surface area contributed by atoms with Crippen LogP contribution in [0.3, 0.4) is 0 Å². The molecule has 1 amide bonds. The van der Waals surface area contributed by atoms with Crippen molar-refractivity contribution in [1.82, 2.24) is 20.9 Å². The van der Waals surface area contributed by atoms with E-state index in [2.05, 4.69) is 50.4 Å². The van der Waals surface area contributed by atoms with Gasteiger partial charge in [0, 0.05) is 43.4 Å². The highest BCUT2D eigenvalue weighted by Crippen LogP contribution is 2.14. The van der Waals surface area contributed by atoms with E-state index in [-0.39, 0.29) is 5.91 Å². The number of carbonyl (C=O) groups excluding carboxylic acids is 1. The number of hydrogen-bond donors (Lipinski definition) is 3. The number of guanidine groups is 1. The third-order valence-corrected chi connectivity index (χ3v) is 4.56. The standard InChI is InChI=1S/C19H27N5OS/c1-3-21-19(24-13-15(2)12-17-7-5-11-26-17)23-10-9-22-18(25)16-6-4-8-20-14-16/h4-8,11,14-15H,3,9-10,12-13H2,1-2H3,(H,22,25)(H2,21,23,24). The SMILES string of the molecule is CCNC(=NCC(C)Cc1cccs1)NCCNC(=O)c1cccnc1. The number of rotatable bonds is 9. The number of thiophene rings is 1. The Hall–Kier alpha value is -2.41. The molecule has 0 saturated heterocycles. The van der Waals surface area contributed by atoms with Crippen LogP contribution in [0.15, 0.2) is 47.0 Å². The molecule has 2 rings (SSSR count). The fourth-order valence-corrected chi connectivity index (χ4v) is 3.25. The van der Waals surface area contributed by atoms with Crippen LogP contribution in [0.25, 0.3) is 0 Å². The molecule has 2 heterocycles. The van der Waals surface area contributed by atoms with Crippen molar-refractivity contribution in [2.45, 2.75) is 20.3 Å². The van der Waals surface area contributed by atoms with Gasteiger partial charge in [-0.05, 0) is 42.8 Å². The van der Waals surface area contributed by atoms with Gasteiger partial charge < -0.3 is 16.0 Å². The lowest BCUT2D eigenvalue weighted by molar-refractivity contribution is 0.0954. The van der Waals surface area contributed by atoms with E-state index in [1.807, 2.05) is 6.92 Å². The molecule has 3 N–H and O–H groups in total. The Bertz CT molecular complexity index is 673. The van der Waals surface area contributed by atoms with Gasteiger partial charge in [-0.15, -0.1) is 11.3 Å². The molecule has 0 saturated carbocycles. The van der Waals surface area contributed by atoms with Gasteiger partial charge in [0.1, 0.15) is 0 Å². The predicted octanol–water partition coefficient (Wildman–Crippen LogP) is 2.31. The summed E-state index contributed by atoms with van der Waals surface area (Å²) in [5.41, 5.74) is 0.565. The summed E-state index contributed by atoms with van der Waals surface area (Å²) in [7, 11) is 0. The summed E-state index contributed by atoms with van der Waals surface area (Å²) in [4.78, 5) is 21.9. The van der Waals surface area contributed by atoms with Crippen LogP contribution in [-0.2, 0) is 6.42 Å². The second kappa shape index (κ2) is 11.3. The lowest BCUT2D eigenvalue weighted by Gasteiger charge is -2.13. The second-order valence-corrected chi connectivity index (χ2v) is 7.06. The van der Waals surface area contributed by atoms with Crippen LogP contribution in [0.5, 0.6) is 0 Å². The zero-order valence-corrected chi connectivity index (χ0v) is 16.2. The minimum atomic E-state index is -0.119. The fourth-order valence-electron chi connectivity index (χ4n) is 2.38. The Balaban J connectivity index is 1.72. The summed E-state index contributed by atoms with van der Waals surface area (Å²) in [5.74, 6) is 1.14. The number of hydrogen-bond acceptors (Lipinski definition) is 4. The van der Waals surface area contributed by atoms with E-state index in [0.29, 0.717) is 24.6 Å². The summed E-state index contributed by atoms with van der Waals surface area (Å²) >= 11 is 1.79. The van der Waals surface area contributed by atoms with Crippen molar-refractivity contribution in [3.05, 3.63) is 52.5 Å². The molecule has 1 atom stereocenters. The van der Waals surface area contributed by atoms with E-state index < -0.39 is 0 Å². The van der Waals surface area contributed by atoms with Gasteiger partial charge in [0.25, 0.3) is 5.91 Å². The van der Waals surface area contributed by atoms with Gasteiger partial charge in [0.05, 0.1) is 5.56 Å². The highest BCUT2D eigenvalue weighted by atomic mass is 32.1. The third kappa shape index (κ3) is 7.23. The van der Waals surface area contributed by atoms with Gasteiger partial charge in [-0.25, -0.2) is 0 Å². The Morgan fingerprint density at radius 2 is 2.08 bits per heavy atom. The van der Waals surface area contributed by atoms with Crippen molar-refractivity contribution in [2.75, 3.05) is 26.2 Å². The van der Waals surface area contributed by atoms with Crippen LogP contribution in [0, 0.1) is 5.92 Å². The fraction of sp³-hybridized carbons (Fsp3) is 0.421. The molecule has 2 aromatic rings. The summed E-state index contributed by atoms with van der Waals surface area (Å²) in [6.45, 7) is 6.93. The van der Waals surface area contributed by atoms with E-state index in [4.69, 9.17) is 0 Å². The molecule has 0 aliphatic heterocycles. The maximum atomic E-state index is 12.0. The number of aromatic nitrogens is 1. The van der Waals surface area contributed by atoms with Crippen LogP contribution < -0.4 is 16.0 Å². The average molecular weight is 374 g/mol. The molecule has 0 bridgehead atoms. The number of nitrogens with zero attached hydrogens (tertiary/aromatic N) is 2. The van der Waals surface area contributed by atoms with E-state index in [1.165, 1.54) is 4.88 Å². The van der Waals surface area contributed by atoms with Gasteiger partial charge in [0.15, 0.2) is 5.96 Å². The molecular weight excluding hydrogens is 346 g/mol. The lowest BCUT2D eigenvalue weighted by atomic mass is 10.1. The molecule has 0 radical (unpaired) electrons. The number of pyridine rings is 1. The van der Waals surface area contributed by atoms with E-state index in [9.17, 15) is 4.79 Å². The summed E-state index contributed by atoms with van der Waals surface area (Å²) < 4.78 is 0. The monoisotopic (exact) mass is 373 g/mol. The van der Waals surface area contributed by atoms with Crippen molar-refractivity contribution in [3.8, 4) is 0 Å². The van der Waals surface area contributed by atoms with Crippen LogP contribution in [-0.4, -0.2) is 43.0 Å². The number of amides is 1. The molecule has 0 aliphatic carbocycles. The number of carbonyl (C=O) groups is 1. The number of nitrogens with one attached hydrogen (secondary N) is 3. The third-order valence-electron chi connectivity index (χ3n) is 3.66. The predicted molar refractivity (Wildman–Crippen MR) is 108 cm³/mol. The molecular formula is C19H27N5OS. The first kappa shape index (κ1) is 19.9. The molecule has 2 aromatic heterocycles. The summed E-state index contributed by atoms with van der Waals surface area (Å²) in [6, 6.07) is 7.75. The second-order valence-electron chi connectivity index (χ2n) is 6.03. The molecule has 0 aliphatic rings. The van der Waals surface area contributed by atoms with Gasteiger partial charge in [-0.2, -0.15) is 0 Å². The summed E-state index contributed by atoms with van der Waals surface area (Å²) in [6.07, 6.45) is 4.25.